The van der Waals surface area contributed by atoms with Crippen LogP contribution < -0.4 is 10.6 Å². The summed E-state index contributed by atoms with van der Waals surface area (Å²) in [7, 11) is 0. The minimum Gasteiger partial charge on any atom is -0.322 e. The summed E-state index contributed by atoms with van der Waals surface area (Å²) in [6.07, 6.45) is 0. The fourth-order valence-corrected chi connectivity index (χ4v) is 4.83. The zero-order chi connectivity index (χ0) is 23.2. The van der Waals surface area contributed by atoms with Crippen LogP contribution >= 0.6 is 50.6 Å². The molecule has 0 saturated heterocycles. The molecule has 2 N–H and O–H groups in total. The van der Waals surface area contributed by atoms with E-state index in [1.807, 2.05) is 47.8 Å². The third-order valence-electron chi connectivity index (χ3n) is 4.44. The smallest absolute Gasteiger partial charge is 0.255 e. The monoisotopic (exact) mass is 557 g/mol. The van der Waals surface area contributed by atoms with Crippen molar-refractivity contribution in [2.75, 3.05) is 16.4 Å². The lowest BCUT2D eigenvalue weighted by molar-refractivity contribution is -0.113. The van der Waals surface area contributed by atoms with Crippen molar-refractivity contribution in [3.05, 3.63) is 93.2 Å². The second-order valence-corrected chi connectivity index (χ2v) is 10.1. The van der Waals surface area contributed by atoms with Gasteiger partial charge in [-0.3, -0.25) is 9.59 Å². The Morgan fingerprint density at radius 3 is 2.58 bits per heavy atom. The first-order valence-corrected chi connectivity index (χ1v) is 12.8. The van der Waals surface area contributed by atoms with Gasteiger partial charge in [0.1, 0.15) is 0 Å². The Balaban J connectivity index is 1.31. The second-order valence-electron chi connectivity index (χ2n) is 6.87. The molecule has 166 valence electrons. The number of anilines is 2. The van der Waals surface area contributed by atoms with E-state index < -0.39 is 0 Å². The molecule has 0 aliphatic heterocycles. The zero-order valence-electron chi connectivity index (χ0n) is 17.0. The summed E-state index contributed by atoms with van der Waals surface area (Å²) in [4.78, 5) is 30.2. The number of thioether (sulfide) groups is 1. The first-order chi connectivity index (χ1) is 16.0. The molecule has 0 fully saturated rings. The van der Waals surface area contributed by atoms with E-state index in [1.165, 1.54) is 23.1 Å². The topological polar surface area (TPSA) is 71.1 Å². The van der Waals surface area contributed by atoms with E-state index in [0.29, 0.717) is 21.4 Å². The number of carbonyl (C=O) groups is 2. The molecule has 0 spiro atoms. The average molecular weight is 559 g/mol. The van der Waals surface area contributed by atoms with E-state index in [4.69, 9.17) is 11.6 Å². The van der Waals surface area contributed by atoms with Gasteiger partial charge in [0.2, 0.25) is 5.91 Å². The zero-order valence-corrected chi connectivity index (χ0v) is 21.0. The summed E-state index contributed by atoms with van der Waals surface area (Å²) in [6.45, 7) is 0. The number of hydrogen-bond donors (Lipinski definition) is 2. The summed E-state index contributed by atoms with van der Waals surface area (Å²) in [5.41, 5.74) is 2.93. The van der Waals surface area contributed by atoms with Crippen molar-refractivity contribution in [1.29, 1.82) is 0 Å². The Labute approximate surface area is 212 Å². The molecule has 2 amide bonds. The van der Waals surface area contributed by atoms with Crippen molar-refractivity contribution in [2.45, 2.75) is 4.90 Å². The number of thiazole rings is 1. The van der Waals surface area contributed by atoms with Crippen LogP contribution in [0.4, 0.5) is 10.8 Å². The molecule has 0 saturated carbocycles. The van der Waals surface area contributed by atoms with Gasteiger partial charge in [-0.25, -0.2) is 4.98 Å². The minimum atomic E-state index is -0.247. The molecular weight excluding hydrogens is 542 g/mol. The Morgan fingerprint density at radius 1 is 1.00 bits per heavy atom. The summed E-state index contributed by atoms with van der Waals surface area (Å²) in [6, 6.07) is 22.0. The van der Waals surface area contributed by atoms with Crippen LogP contribution in [0.1, 0.15) is 10.4 Å². The van der Waals surface area contributed by atoms with Crippen molar-refractivity contribution >= 4 is 73.3 Å². The van der Waals surface area contributed by atoms with Crippen molar-refractivity contribution in [2.24, 2.45) is 0 Å². The molecule has 5 nitrogen and oxygen atoms in total. The van der Waals surface area contributed by atoms with Crippen molar-refractivity contribution in [1.82, 2.24) is 4.98 Å². The Hall–Kier alpha value is -2.65. The maximum Gasteiger partial charge on any atom is 0.255 e. The van der Waals surface area contributed by atoms with Gasteiger partial charge in [0.05, 0.1) is 11.4 Å². The second kappa shape index (κ2) is 11.0. The Kier molecular flexibility index (Phi) is 7.82. The quantitative estimate of drug-likeness (QED) is 0.235. The molecule has 4 aromatic rings. The summed E-state index contributed by atoms with van der Waals surface area (Å²) < 4.78 is 1.00. The highest BCUT2D eigenvalue weighted by Gasteiger charge is 2.10. The fraction of sp³-hybridized carbons (Fsp3) is 0.0417. The van der Waals surface area contributed by atoms with Crippen LogP contribution in [0, 0.1) is 0 Å². The number of nitrogens with one attached hydrogen (secondary N) is 2. The van der Waals surface area contributed by atoms with Crippen molar-refractivity contribution in [3.63, 3.8) is 0 Å². The highest BCUT2D eigenvalue weighted by molar-refractivity contribution is 9.10. The van der Waals surface area contributed by atoms with Crippen molar-refractivity contribution < 1.29 is 9.59 Å². The van der Waals surface area contributed by atoms with Gasteiger partial charge >= 0.3 is 0 Å². The van der Waals surface area contributed by atoms with E-state index in [1.54, 1.807) is 30.3 Å². The number of benzene rings is 3. The van der Waals surface area contributed by atoms with E-state index in [2.05, 4.69) is 31.5 Å². The summed E-state index contributed by atoms with van der Waals surface area (Å²) >= 11 is 12.1. The SMILES string of the molecule is O=C(CSc1cccc(NC(=O)c2cccc(Cl)c2)c1)Nc1nc(-c2ccc(Br)cc2)cs1. The highest BCUT2D eigenvalue weighted by atomic mass is 79.9. The van der Waals surface area contributed by atoms with Crippen LogP contribution in [-0.4, -0.2) is 22.6 Å². The van der Waals surface area contributed by atoms with Gasteiger partial charge in [0, 0.05) is 36.6 Å². The first kappa shape index (κ1) is 23.5. The molecule has 1 aromatic heterocycles. The molecule has 0 atom stereocenters. The Morgan fingerprint density at radius 2 is 1.79 bits per heavy atom. The molecule has 0 aliphatic carbocycles. The molecule has 0 unspecified atom stereocenters. The van der Waals surface area contributed by atoms with Crippen LogP contribution in [0.2, 0.25) is 5.02 Å². The number of hydrogen-bond acceptors (Lipinski definition) is 5. The molecule has 4 rings (SSSR count). The number of nitrogens with zero attached hydrogens (tertiary/aromatic N) is 1. The van der Waals surface area contributed by atoms with Gasteiger partial charge < -0.3 is 10.6 Å². The van der Waals surface area contributed by atoms with Crippen LogP contribution in [-0.2, 0) is 4.79 Å². The first-order valence-electron chi connectivity index (χ1n) is 9.77. The molecule has 0 bridgehead atoms. The molecule has 0 radical (unpaired) electrons. The van der Waals surface area contributed by atoms with E-state index in [0.717, 1.165) is 20.6 Å². The number of aromatic nitrogens is 1. The molecule has 3 aromatic carbocycles. The lowest BCUT2D eigenvalue weighted by Gasteiger charge is -2.08. The van der Waals surface area contributed by atoms with E-state index in [9.17, 15) is 9.59 Å². The number of halogens is 2. The van der Waals surface area contributed by atoms with Crippen LogP contribution in [0.3, 0.4) is 0 Å². The third-order valence-corrected chi connectivity index (χ3v) is 6.95. The predicted octanol–water partition coefficient (Wildman–Crippen LogP) is 7.21. The van der Waals surface area contributed by atoms with Gasteiger partial charge in [-0.1, -0.05) is 51.8 Å². The number of amides is 2. The molecule has 0 aliphatic rings. The predicted molar refractivity (Wildman–Crippen MR) is 140 cm³/mol. The normalized spacial score (nSPS) is 10.6. The van der Waals surface area contributed by atoms with Crippen LogP contribution in [0.5, 0.6) is 0 Å². The number of rotatable bonds is 7. The van der Waals surface area contributed by atoms with Gasteiger partial charge in [-0.2, -0.15) is 0 Å². The number of carbonyl (C=O) groups excluding carboxylic acids is 2. The molecule has 33 heavy (non-hydrogen) atoms. The standard InChI is InChI=1S/C24H17BrClN3O2S2/c25-17-9-7-15(8-10-17)21-13-33-24(28-21)29-22(30)14-32-20-6-2-5-19(12-20)27-23(31)16-3-1-4-18(26)11-16/h1-13H,14H2,(H,27,31)(H,28,29,30). The van der Waals surface area contributed by atoms with E-state index >= 15 is 0 Å². The molecular formula is C24H17BrClN3O2S2. The van der Waals surface area contributed by atoms with Gasteiger partial charge in [0.25, 0.3) is 5.91 Å². The lowest BCUT2D eigenvalue weighted by atomic mass is 10.2. The van der Waals surface area contributed by atoms with Gasteiger partial charge in [-0.05, 0) is 48.5 Å². The maximum atomic E-state index is 12.4. The van der Waals surface area contributed by atoms with Gasteiger partial charge in [0.15, 0.2) is 5.13 Å². The van der Waals surface area contributed by atoms with E-state index in [-0.39, 0.29) is 17.6 Å². The lowest BCUT2D eigenvalue weighted by Crippen LogP contribution is -2.14. The highest BCUT2D eigenvalue weighted by Crippen LogP contribution is 2.27. The Bertz CT molecular complexity index is 1290. The fourth-order valence-electron chi connectivity index (χ4n) is 2.89. The summed E-state index contributed by atoms with van der Waals surface area (Å²) in [5.74, 6) is -0.174. The largest absolute Gasteiger partial charge is 0.322 e. The van der Waals surface area contributed by atoms with Crippen LogP contribution in [0.15, 0.2) is 87.5 Å². The maximum absolute atomic E-state index is 12.4. The van der Waals surface area contributed by atoms with Crippen LogP contribution in [0.25, 0.3) is 11.3 Å². The van der Waals surface area contributed by atoms with Crippen molar-refractivity contribution in [3.8, 4) is 11.3 Å². The molecule has 1 heterocycles. The van der Waals surface area contributed by atoms with Gasteiger partial charge in [-0.15, -0.1) is 23.1 Å². The third kappa shape index (κ3) is 6.68. The molecule has 9 heteroatoms. The summed E-state index contributed by atoms with van der Waals surface area (Å²) in [5, 5.41) is 8.67. The minimum absolute atomic E-state index is 0.148. The average Bonchev–Trinajstić information content (AvgIpc) is 3.27.